The number of hydrogen-bond donors (Lipinski definition) is 2. The predicted octanol–water partition coefficient (Wildman–Crippen LogP) is 2.18. The van der Waals surface area contributed by atoms with Gasteiger partial charge in [0, 0.05) is 0 Å². The Hall–Kier alpha value is -1.72. The maximum absolute atomic E-state index is 12.1. The van der Waals surface area contributed by atoms with Gasteiger partial charge in [-0.05, 0) is 40.0 Å². The number of amides is 1. The van der Waals surface area contributed by atoms with E-state index in [9.17, 15) is 9.90 Å². The van der Waals surface area contributed by atoms with E-state index in [2.05, 4.69) is 26.2 Å². The van der Waals surface area contributed by atoms with Crippen LogP contribution in [0.4, 0.5) is 0 Å². The van der Waals surface area contributed by atoms with Gasteiger partial charge in [-0.25, -0.2) is 4.98 Å². The number of pyridine rings is 1. The van der Waals surface area contributed by atoms with Gasteiger partial charge in [0.25, 0.3) is 5.91 Å². The fraction of sp³-hybridized carbons (Fsp3) is 0.200. The van der Waals surface area contributed by atoms with Crippen LogP contribution in [0, 0.1) is 0 Å². The van der Waals surface area contributed by atoms with E-state index in [0.29, 0.717) is 16.7 Å². The Kier molecular flexibility index (Phi) is 5.26. The van der Waals surface area contributed by atoms with Crippen LogP contribution in [-0.2, 0) is 6.42 Å². The maximum atomic E-state index is 12.1. The first-order chi connectivity index (χ1) is 9.69. The van der Waals surface area contributed by atoms with Crippen molar-refractivity contribution in [3.8, 4) is 0 Å². The molecule has 5 heteroatoms. The Morgan fingerprint density at radius 2 is 1.95 bits per heavy atom. The van der Waals surface area contributed by atoms with E-state index in [1.807, 2.05) is 30.3 Å². The third-order valence-electron chi connectivity index (χ3n) is 2.83. The second-order valence-corrected chi connectivity index (χ2v) is 5.20. The summed E-state index contributed by atoms with van der Waals surface area (Å²) < 4.78 is 0.605. The van der Waals surface area contributed by atoms with E-state index in [0.717, 1.165) is 5.56 Å². The van der Waals surface area contributed by atoms with Crippen molar-refractivity contribution in [1.82, 2.24) is 10.3 Å². The SMILES string of the molecule is O=C(N[C@H](CO)Cc1ccccc1)c1cccc(Br)n1. The van der Waals surface area contributed by atoms with Crippen LogP contribution in [0.3, 0.4) is 0 Å². The minimum absolute atomic E-state index is 0.116. The molecule has 0 aliphatic carbocycles. The normalized spacial score (nSPS) is 11.9. The van der Waals surface area contributed by atoms with E-state index in [1.165, 1.54) is 0 Å². The summed E-state index contributed by atoms with van der Waals surface area (Å²) in [5.41, 5.74) is 1.39. The fourth-order valence-corrected chi connectivity index (χ4v) is 2.20. The molecule has 0 saturated carbocycles. The summed E-state index contributed by atoms with van der Waals surface area (Å²) in [4.78, 5) is 16.1. The lowest BCUT2D eigenvalue weighted by atomic mass is 10.1. The largest absolute Gasteiger partial charge is 0.394 e. The van der Waals surface area contributed by atoms with Crippen LogP contribution in [0.2, 0.25) is 0 Å². The van der Waals surface area contributed by atoms with Crippen LogP contribution in [0.25, 0.3) is 0 Å². The van der Waals surface area contributed by atoms with Crippen molar-refractivity contribution in [3.63, 3.8) is 0 Å². The van der Waals surface area contributed by atoms with E-state index in [-0.39, 0.29) is 18.6 Å². The molecule has 1 amide bonds. The highest BCUT2D eigenvalue weighted by Crippen LogP contribution is 2.07. The fourth-order valence-electron chi connectivity index (χ4n) is 1.85. The summed E-state index contributed by atoms with van der Waals surface area (Å²) in [5, 5.41) is 12.2. The molecule has 20 heavy (non-hydrogen) atoms. The van der Waals surface area contributed by atoms with Crippen LogP contribution in [0.5, 0.6) is 0 Å². The van der Waals surface area contributed by atoms with Crippen molar-refractivity contribution in [1.29, 1.82) is 0 Å². The summed E-state index contributed by atoms with van der Waals surface area (Å²) in [6, 6.07) is 14.5. The Balaban J connectivity index is 2.01. The molecular weight excluding hydrogens is 320 g/mol. The second-order valence-electron chi connectivity index (χ2n) is 4.39. The molecule has 1 heterocycles. The summed E-state index contributed by atoms with van der Waals surface area (Å²) in [5.74, 6) is -0.290. The zero-order valence-electron chi connectivity index (χ0n) is 10.8. The molecular formula is C15H15BrN2O2. The molecule has 0 saturated heterocycles. The van der Waals surface area contributed by atoms with E-state index >= 15 is 0 Å². The van der Waals surface area contributed by atoms with Gasteiger partial charge < -0.3 is 10.4 Å². The predicted molar refractivity (Wildman–Crippen MR) is 80.4 cm³/mol. The Bertz CT molecular complexity index is 575. The van der Waals surface area contributed by atoms with Gasteiger partial charge in [-0.2, -0.15) is 0 Å². The van der Waals surface area contributed by atoms with Gasteiger partial charge in [0.1, 0.15) is 10.3 Å². The average molecular weight is 335 g/mol. The topological polar surface area (TPSA) is 62.2 Å². The summed E-state index contributed by atoms with van der Waals surface area (Å²) >= 11 is 3.23. The highest BCUT2D eigenvalue weighted by atomic mass is 79.9. The molecule has 0 bridgehead atoms. The van der Waals surface area contributed by atoms with Gasteiger partial charge in [0.2, 0.25) is 0 Å². The highest BCUT2D eigenvalue weighted by Gasteiger charge is 2.14. The third-order valence-corrected chi connectivity index (χ3v) is 3.27. The number of halogens is 1. The van der Waals surface area contributed by atoms with Gasteiger partial charge in [-0.15, -0.1) is 0 Å². The number of benzene rings is 1. The number of carbonyl (C=O) groups is 1. The molecule has 1 aromatic carbocycles. The summed E-state index contributed by atoms with van der Waals surface area (Å²) in [6.07, 6.45) is 0.580. The molecule has 0 unspecified atom stereocenters. The number of aliphatic hydroxyl groups excluding tert-OH is 1. The van der Waals surface area contributed by atoms with Gasteiger partial charge in [0.15, 0.2) is 0 Å². The number of nitrogens with one attached hydrogen (secondary N) is 1. The highest BCUT2D eigenvalue weighted by molar-refractivity contribution is 9.10. The molecule has 0 aliphatic heterocycles. The first-order valence-corrected chi connectivity index (χ1v) is 7.06. The number of aromatic nitrogens is 1. The minimum Gasteiger partial charge on any atom is -0.394 e. The van der Waals surface area contributed by atoms with Crippen LogP contribution >= 0.6 is 15.9 Å². The Morgan fingerprint density at radius 1 is 1.20 bits per heavy atom. The van der Waals surface area contributed by atoms with Gasteiger partial charge in [-0.1, -0.05) is 36.4 Å². The molecule has 0 radical (unpaired) electrons. The zero-order chi connectivity index (χ0) is 14.4. The van der Waals surface area contributed by atoms with E-state index in [4.69, 9.17) is 0 Å². The number of hydrogen-bond acceptors (Lipinski definition) is 3. The molecule has 1 atom stereocenters. The Morgan fingerprint density at radius 3 is 2.60 bits per heavy atom. The van der Waals surface area contributed by atoms with Crippen molar-refractivity contribution in [3.05, 3.63) is 64.4 Å². The monoisotopic (exact) mass is 334 g/mol. The van der Waals surface area contributed by atoms with Crippen molar-refractivity contribution < 1.29 is 9.90 Å². The van der Waals surface area contributed by atoms with Crippen LogP contribution in [0.15, 0.2) is 53.1 Å². The average Bonchev–Trinajstić information content (AvgIpc) is 2.47. The summed E-state index contributed by atoms with van der Waals surface area (Å²) in [7, 11) is 0. The standard InChI is InChI=1S/C15H15BrN2O2/c16-14-8-4-7-13(18-14)15(20)17-12(10-19)9-11-5-2-1-3-6-11/h1-8,12,19H,9-10H2,(H,17,20)/t12-/m0/s1. The van der Waals surface area contributed by atoms with E-state index < -0.39 is 0 Å². The maximum Gasteiger partial charge on any atom is 0.270 e. The van der Waals surface area contributed by atoms with Gasteiger partial charge in [-0.3, -0.25) is 4.79 Å². The molecule has 2 rings (SSSR count). The lowest BCUT2D eigenvalue weighted by Crippen LogP contribution is -2.39. The second kappa shape index (κ2) is 7.17. The molecule has 104 valence electrons. The van der Waals surface area contributed by atoms with Gasteiger partial charge in [0.05, 0.1) is 12.6 Å². The quantitative estimate of drug-likeness (QED) is 0.824. The van der Waals surface area contributed by atoms with Crippen LogP contribution in [-0.4, -0.2) is 28.6 Å². The molecule has 2 N–H and O–H groups in total. The number of rotatable bonds is 5. The molecule has 0 fully saturated rings. The van der Waals surface area contributed by atoms with Gasteiger partial charge >= 0.3 is 0 Å². The van der Waals surface area contributed by atoms with Crippen LogP contribution < -0.4 is 5.32 Å². The lowest BCUT2D eigenvalue weighted by molar-refractivity contribution is 0.0911. The van der Waals surface area contributed by atoms with Crippen molar-refractivity contribution in [2.45, 2.75) is 12.5 Å². The smallest absolute Gasteiger partial charge is 0.270 e. The molecule has 1 aromatic heterocycles. The zero-order valence-corrected chi connectivity index (χ0v) is 12.4. The first-order valence-electron chi connectivity index (χ1n) is 6.27. The van der Waals surface area contributed by atoms with Crippen molar-refractivity contribution >= 4 is 21.8 Å². The van der Waals surface area contributed by atoms with Crippen molar-refractivity contribution in [2.24, 2.45) is 0 Å². The number of carbonyl (C=O) groups excluding carboxylic acids is 1. The lowest BCUT2D eigenvalue weighted by Gasteiger charge is -2.16. The molecule has 2 aromatic rings. The van der Waals surface area contributed by atoms with Crippen molar-refractivity contribution in [2.75, 3.05) is 6.61 Å². The first kappa shape index (κ1) is 14.7. The summed E-state index contributed by atoms with van der Waals surface area (Å²) in [6.45, 7) is -0.116. The molecule has 0 aliphatic rings. The minimum atomic E-state index is -0.328. The Labute approximate surface area is 126 Å². The van der Waals surface area contributed by atoms with E-state index in [1.54, 1.807) is 18.2 Å². The number of aliphatic hydroxyl groups is 1. The third kappa shape index (κ3) is 4.15. The van der Waals surface area contributed by atoms with Crippen LogP contribution in [0.1, 0.15) is 16.1 Å². The molecule has 0 spiro atoms. The number of nitrogens with zero attached hydrogens (tertiary/aromatic N) is 1. The molecule has 4 nitrogen and oxygen atoms in total.